The van der Waals surface area contributed by atoms with Gasteiger partial charge in [-0.3, -0.25) is 0 Å². The molecule has 6 heteroatoms. The molecule has 0 aliphatic rings. The lowest BCUT2D eigenvalue weighted by Crippen LogP contribution is -2.11. The molecule has 8 N–H and O–H groups in total. The van der Waals surface area contributed by atoms with Crippen LogP contribution in [-0.2, 0) is 0 Å². The van der Waals surface area contributed by atoms with Gasteiger partial charge in [0.15, 0.2) is 0 Å². The van der Waals surface area contributed by atoms with Gasteiger partial charge in [0.2, 0.25) is 0 Å². The minimum absolute atomic E-state index is 0. The van der Waals surface area contributed by atoms with Crippen LogP contribution in [-0.4, -0.2) is 26.2 Å². The second kappa shape index (κ2) is 34.2. The normalized spacial score (nSPS) is 6.00. The SMILES string of the molecule is Cl.Cl.NCCN.NCCN. The minimum Gasteiger partial charge on any atom is -0.329 e. The van der Waals surface area contributed by atoms with Crippen LogP contribution in [0.3, 0.4) is 0 Å². The van der Waals surface area contributed by atoms with Gasteiger partial charge in [0.05, 0.1) is 0 Å². The quantitative estimate of drug-likeness (QED) is 0.435. The molecule has 0 atom stereocenters. The molecular formula is C4H18Cl2N4. The van der Waals surface area contributed by atoms with Crippen LogP contribution in [0.25, 0.3) is 0 Å². The molecule has 0 aromatic rings. The monoisotopic (exact) mass is 192 g/mol. The molecule has 0 amide bonds. The van der Waals surface area contributed by atoms with Gasteiger partial charge in [0, 0.05) is 26.2 Å². The zero-order valence-corrected chi connectivity index (χ0v) is 7.59. The van der Waals surface area contributed by atoms with Crippen molar-refractivity contribution in [2.75, 3.05) is 26.2 Å². The van der Waals surface area contributed by atoms with E-state index in [2.05, 4.69) is 0 Å². The molecule has 0 aliphatic heterocycles. The molecule has 0 saturated carbocycles. The number of hydrogen-bond donors (Lipinski definition) is 4. The van der Waals surface area contributed by atoms with E-state index in [9.17, 15) is 0 Å². The van der Waals surface area contributed by atoms with Crippen LogP contribution < -0.4 is 22.9 Å². The molecule has 4 nitrogen and oxygen atoms in total. The first-order chi connectivity index (χ1) is 3.83. The molecule has 0 rings (SSSR count). The van der Waals surface area contributed by atoms with Crippen LogP contribution in [0.2, 0.25) is 0 Å². The highest BCUT2D eigenvalue weighted by molar-refractivity contribution is 5.85. The third-order valence-corrected chi connectivity index (χ3v) is 0.333. The largest absolute Gasteiger partial charge is 0.329 e. The summed E-state index contributed by atoms with van der Waals surface area (Å²) < 4.78 is 0. The Hall–Kier alpha value is 0.420. The maximum absolute atomic E-state index is 4.90. The van der Waals surface area contributed by atoms with Crippen LogP contribution in [0.15, 0.2) is 0 Å². The lowest BCUT2D eigenvalue weighted by Gasteiger charge is -1.72. The van der Waals surface area contributed by atoms with Crippen LogP contribution >= 0.6 is 24.8 Å². The molecule has 0 unspecified atom stereocenters. The third-order valence-electron chi connectivity index (χ3n) is 0.333. The van der Waals surface area contributed by atoms with Gasteiger partial charge in [-0.2, -0.15) is 0 Å². The van der Waals surface area contributed by atoms with Crippen molar-refractivity contribution in [1.29, 1.82) is 0 Å². The second-order valence-corrected chi connectivity index (χ2v) is 1.15. The summed E-state index contributed by atoms with van der Waals surface area (Å²) in [4.78, 5) is 0. The summed E-state index contributed by atoms with van der Waals surface area (Å²) in [7, 11) is 0. The Kier molecular flexibility index (Phi) is 76.7. The van der Waals surface area contributed by atoms with Crippen LogP contribution in [0.1, 0.15) is 0 Å². The summed E-state index contributed by atoms with van der Waals surface area (Å²) in [5.74, 6) is 0. The maximum Gasteiger partial charge on any atom is 0.00461 e. The van der Waals surface area contributed by atoms with E-state index in [4.69, 9.17) is 22.9 Å². The highest BCUT2D eigenvalue weighted by Crippen LogP contribution is 1.24. The van der Waals surface area contributed by atoms with E-state index < -0.39 is 0 Å². The van der Waals surface area contributed by atoms with Crippen LogP contribution in [0.4, 0.5) is 0 Å². The Balaban J connectivity index is -0.0000000300. The molecule has 0 heterocycles. The Morgan fingerprint density at radius 3 is 0.600 bits per heavy atom. The van der Waals surface area contributed by atoms with Crippen molar-refractivity contribution in [2.24, 2.45) is 22.9 Å². The summed E-state index contributed by atoms with van der Waals surface area (Å²) in [5.41, 5.74) is 19.6. The standard InChI is InChI=1S/2C2H8N2.2ClH/c2*3-1-2-4;;/h2*1-4H2;2*1H. The van der Waals surface area contributed by atoms with Gasteiger partial charge >= 0.3 is 0 Å². The van der Waals surface area contributed by atoms with E-state index in [1.165, 1.54) is 0 Å². The predicted octanol–water partition coefficient (Wildman–Crippen LogP) is -1.35. The number of halogens is 2. The highest BCUT2D eigenvalue weighted by Gasteiger charge is 1.54. The van der Waals surface area contributed by atoms with Crippen molar-refractivity contribution in [1.82, 2.24) is 0 Å². The molecule has 10 heavy (non-hydrogen) atoms. The first-order valence-electron chi connectivity index (χ1n) is 2.63. The molecule has 0 spiro atoms. The van der Waals surface area contributed by atoms with E-state index in [0.717, 1.165) is 0 Å². The maximum atomic E-state index is 4.90. The summed E-state index contributed by atoms with van der Waals surface area (Å²) in [5, 5.41) is 0. The Morgan fingerprint density at radius 2 is 0.600 bits per heavy atom. The molecule has 0 aliphatic carbocycles. The summed E-state index contributed by atoms with van der Waals surface area (Å²) in [6, 6.07) is 0. The van der Waals surface area contributed by atoms with Crippen molar-refractivity contribution in [3.05, 3.63) is 0 Å². The predicted molar refractivity (Wildman–Crippen MR) is 50.7 cm³/mol. The number of hydrogen-bond acceptors (Lipinski definition) is 4. The zero-order chi connectivity index (χ0) is 6.83. The van der Waals surface area contributed by atoms with E-state index in [0.29, 0.717) is 26.2 Å². The van der Waals surface area contributed by atoms with Crippen molar-refractivity contribution in [3.63, 3.8) is 0 Å². The van der Waals surface area contributed by atoms with Gasteiger partial charge in [-0.15, -0.1) is 24.8 Å². The fourth-order valence-corrected chi connectivity index (χ4v) is 0. The topological polar surface area (TPSA) is 104 Å². The minimum atomic E-state index is 0. The zero-order valence-electron chi connectivity index (χ0n) is 5.95. The smallest absolute Gasteiger partial charge is 0.00461 e. The summed E-state index contributed by atoms with van der Waals surface area (Å²) in [6.07, 6.45) is 0. The molecule has 0 saturated heterocycles. The lowest BCUT2D eigenvalue weighted by molar-refractivity contribution is 0.976. The number of nitrogens with two attached hydrogens (primary N) is 4. The van der Waals surface area contributed by atoms with Crippen LogP contribution in [0.5, 0.6) is 0 Å². The average molecular weight is 193 g/mol. The van der Waals surface area contributed by atoms with Crippen molar-refractivity contribution >= 4 is 24.8 Å². The molecule has 0 aromatic carbocycles. The van der Waals surface area contributed by atoms with E-state index >= 15 is 0 Å². The first-order valence-corrected chi connectivity index (χ1v) is 2.63. The fourth-order valence-electron chi connectivity index (χ4n) is 0. The molecule has 68 valence electrons. The van der Waals surface area contributed by atoms with Gasteiger partial charge in [0.1, 0.15) is 0 Å². The Labute approximate surface area is 74.5 Å². The van der Waals surface area contributed by atoms with Gasteiger partial charge < -0.3 is 22.9 Å². The van der Waals surface area contributed by atoms with Crippen molar-refractivity contribution < 1.29 is 0 Å². The molecule has 0 fully saturated rings. The third kappa shape index (κ3) is 79.2. The second-order valence-electron chi connectivity index (χ2n) is 1.15. The van der Waals surface area contributed by atoms with Crippen molar-refractivity contribution in [3.8, 4) is 0 Å². The summed E-state index contributed by atoms with van der Waals surface area (Å²) in [6.45, 7) is 2.39. The van der Waals surface area contributed by atoms with E-state index in [1.807, 2.05) is 0 Å². The molecular weight excluding hydrogens is 175 g/mol. The molecule has 0 bridgehead atoms. The van der Waals surface area contributed by atoms with Crippen molar-refractivity contribution in [2.45, 2.75) is 0 Å². The van der Waals surface area contributed by atoms with Gasteiger partial charge in [-0.05, 0) is 0 Å². The Morgan fingerprint density at radius 1 is 0.500 bits per heavy atom. The van der Waals surface area contributed by atoms with Gasteiger partial charge in [0.25, 0.3) is 0 Å². The van der Waals surface area contributed by atoms with Gasteiger partial charge in [-0.1, -0.05) is 0 Å². The van der Waals surface area contributed by atoms with Crippen LogP contribution in [0, 0.1) is 0 Å². The lowest BCUT2D eigenvalue weighted by atomic mass is 10.7. The van der Waals surface area contributed by atoms with Gasteiger partial charge in [-0.25, -0.2) is 0 Å². The number of rotatable bonds is 2. The Bertz CT molecular complexity index is 23.2. The fraction of sp³-hybridized carbons (Fsp3) is 1.00. The van der Waals surface area contributed by atoms with E-state index in [-0.39, 0.29) is 24.8 Å². The highest BCUT2D eigenvalue weighted by atomic mass is 35.5. The first kappa shape index (κ1) is 22.4. The van der Waals surface area contributed by atoms with E-state index in [1.54, 1.807) is 0 Å². The average Bonchev–Trinajstić information content (AvgIpc) is 1.88. The molecule has 0 radical (unpaired) electrons. The summed E-state index contributed by atoms with van der Waals surface area (Å²) >= 11 is 0. The molecule has 0 aromatic heterocycles.